The fourth-order valence-electron chi connectivity index (χ4n) is 2.34. The second kappa shape index (κ2) is 5.46. The lowest BCUT2D eigenvalue weighted by atomic mass is 10.1. The molecule has 1 aromatic rings. The maximum Gasteiger partial charge on any atom is 0.248 e. The van der Waals surface area contributed by atoms with Crippen molar-refractivity contribution < 1.29 is 9.18 Å². The molecule has 4 N–H and O–H groups in total. The van der Waals surface area contributed by atoms with Crippen molar-refractivity contribution in [1.29, 1.82) is 0 Å². The van der Waals surface area contributed by atoms with Gasteiger partial charge in [-0.25, -0.2) is 4.39 Å². The Balaban J connectivity index is 2.09. The lowest BCUT2D eigenvalue weighted by molar-refractivity contribution is 0.1000. The molecule has 0 aromatic heterocycles. The lowest BCUT2D eigenvalue weighted by Gasteiger charge is -2.16. The zero-order chi connectivity index (χ0) is 13.1. The van der Waals surface area contributed by atoms with Crippen molar-refractivity contribution in [3.8, 4) is 0 Å². The Morgan fingerprint density at radius 3 is 2.89 bits per heavy atom. The van der Waals surface area contributed by atoms with E-state index in [1.54, 1.807) is 0 Å². The van der Waals surface area contributed by atoms with Gasteiger partial charge in [-0.05, 0) is 43.6 Å². The van der Waals surface area contributed by atoms with Gasteiger partial charge >= 0.3 is 0 Å². The standard InChI is InChI=1S/C13H18FN3O/c14-12-2-1-10(13(16)18)5-11(12)8-17-4-3-9(6-15)7-17/h1-2,5,9H,3-4,6-8,15H2,(H2,16,18). The van der Waals surface area contributed by atoms with Crippen molar-refractivity contribution in [3.63, 3.8) is 0 Å². The van der Waals surface area contributed by atoms with Gasteiger partial charge in [-0.2, -0.15) is 0 Å². The Hall–Kier alpha value is -1.46. The van der Waals surface area contributed by atoms with Gasteiger partial charge in [0.05, 0.1) is 0 Å². The molecule has 1 heterocycles. The van der Waals surface area contributed by atoms with Crippen LogP contribution < -0.4 is 11.5 Å². The number of rotatable bonds is 4. The third-order valence-electron chi connectivity index (χ3n) is 3.43. The number of amides is 1. The summed E-state index contributed by atoms with van der Waals surface area (Å²) in [7, 11) is 0. The summed E-state index contributed by atoms with van der Waals surface area (Å²) in [6.07, 6.45) is 1.05. The molecule has 0 aliphatic carbocycles. The summed E-state index contributed by atoms with van der Waals surface area (Å²) in [5.74, 6) is -0.332. The predicted octanol–water partition coefficient (Wildman–Crippen LogP) is 0.705. The largest absolute Gasteiger partial charge is 0.366 e. The van der Waals surface area contributed by atoms with Gasteiger partial charge in [0.15, 0.2) is 0 Å². The van der Waals surface area contributed by atoms with E-state index in [1.807, 2.05) is 0 Å². The maximum absolute atomic E-state index is 13.7. The van der Waals surface area contributed by atoms with Crippen molar-refractivity contribution >= 4 is 5.91 Å². The molecule has 2 rings (SSSR count). The zero-order valence-electron chi connectivity index (χ0n) is 10.2. The molecule has 1 aliphatic heterocycles. The first-order valence-corrected chi connectivity index (χ1v) is 6.11. The molecule has 18 heavy (non-hydrogen) atoms. The zero-order valence-corrected chi connectivity index (χ0v) is 10.2. The average Bonchev–Trinajstić information content (AvgIpc) is 2.79. The highest BCUT2D eigenvalue weighted by atomic mass is 19.1. The molecular formula is C13H18FN3O. The van der Waals surface area contributed by atoms with E-state index >= 15 is 0 Å². The molecule has 0 spiro atoms. The third-order valence-corrected chi connectivity index (χ3v) is 3.43. The number of carbonyl (C=O) groups is 1. The molecule has 5 heteroatoms. The van der Waals surface area contributed by atoms with Crippen molar-refractivity contribution in [2.75, 3.05) is 19.6 Å². The summed E-state index contributed by atoms with van der Waals surface area (Å²) < 4.78 is 13.7. The summed E-state index contributed by atoms with van der Waals surface area (Å²) in [5, 5.41) is 0. The number of hydrogen-bond donors (Lipinski definition) is 2. The van der Waals surface area contributed by atoms with Crippen LogP contribution in [0.2, 0.25) is 0 Å². The van der Waals surface area contributed by atoms with E-state index in [0.717, 1.165) is 19.5 Å². The minimum Gasteiger partial charge on any atom is -0.366 e. The van der Waals surface area contributed by atoms with E-state index < -0.39 is 5.91 Å². The van der Waals surface area contributed by atoms with E-state index in [9.17, 15) is 9.18 Å². The molecule has 0 saturated carbocycles. The van der Waals surface area contributed by atoms with Gasteiger partial charge in [0, 0.05) is 24.2 Å². The Kier molecular flexibility index (Phi) is 3.93. The van der Waals surface area contributed by atoms with Gasteiger partial charge in [-0.15, -0.1) is 0 Å². The highest BCUT2D eigenvalue weighted by molar-refractivity contribution is 5.92. The number of nitrogens with zero attached hydrogens (tertiary/aromatic N) is 1. The van der Waals surface area contributed by atoms with Crippen LogP contribution in [-0.4, -0.2) is 30.4 Å². The number of carbonyl (C=O) groups excluding carboxylic acids is 1. The molecular weight excluding hydrogens is 233 g/mol. The first kappa shape index (κ1) is 13.0. The van der Waals surface area contributed by atoms with Gasteiger partial charge in [-0.1, -0.05) is 0 Å². The molecule has 1 aromatic carbocycles. The number of nitrogens with two attached hydrogens (primary N) is 2. The highest BCUT2D eigenvalue weighted by Gasteiger charge is 2.22. The van der Waals surface area contributed by atoms with Crippen LogP contribution in [-0.2, 0) is 6.54 Å². The van der Waals surface area contributed by atoms with Crippen molar-refractivity contribution in [3.05, 3.63) is 35.1 Å². The molecule has 1 saturated heterocycles. The second-order valence-corrected chi connectivity index (χ2v) is 4.80. The second-order valence-electron chi connectivity index (χ2n) is 4.80. The quantitative estimate of drug-likeness (QED) is 0.827. The topological polar surface area (TPSA) is 72.3 Å². The van der Waals surface area contributed by atoms with Gasteiger partial charge in [-0.3, -0.25) is 9.69 Å². The van der Waals surface area contributed by atoms with Gasteiger partial charge in [0.1, 0.15) is 5.82 Å². The number of primary amides is 1. The molecule has 1 atom stereocenters. The lowest BCUT2D eigenvalue weighted by Crippen LogP contribution is -2.23. The number of likely N-dealkylation sites (tertiary alicyclic amines) is 1. The predicted molar refractivity (Wildman–Crippen MR) is 67.4 cm³/mol. The Morgan fingerprint density at radius 2 is 2.28 bits per heavy atom. The van der Waals surface area contributed by atoms with Gasteiger partial charge < -0.3 is 11.5 Å². The summed E-state index contributed by atoms with van der Waals surface area (Å²) in [5.41, 5.74) is 11.7. The number of hydrogen-bond acceptors (Lipinski definition) is 3. The van der Waals surface area contributed by atoms with Crippen LogP contribution in [0.15, 0.2) is 18.2 Å². The average molecular weight is 251 g/mol. The van der Waals surface area contributed by atoms with Crippen LogP contribution in [0.5, 0.6) is 0 Å². The minimum absolute atomic E-state index is 0.295. The molecule has 98 valence electrons. The van der Waals surface area contributed by atoms with Crippen LogP contribution in [0, 0.1) is 11.7 Å². The molecule has 1 unspecified atom stereocenters. The van der Waals surface area contributed by atoms with Crippen LogP contribution in [0.3, 0.4) is 0 Å². The minimum atomic E-state index is -0.530. The molecule has 4 nitrogen and oxygen atoms in total. The fraction of sp³-hybridized carbons (Fsp3) is 0.462. The maximum atomic E-state index is 13.7. The first-order valence-electron chi connectivity index (χ1n) is 6.11. The molecule has 1 fully saturated rings. The van der Waals surface area contributed by atoms with Crippen LogP contribution in [0.25, 0.3) is 0 Å². The van der Waals surface area contributed by atoms with Crippen molar-refractivity contribution in [1.82, 2.24) is 4.90 Å². The van der Waals surface area contributed by atoms with Gasteiger partial charge in [0.2, 0.25) is 5.91 Å². The number of halogens is 1. The fourth-order valence-corrected chi connectivity index (χ4v) is 2.34. The van der Waals surface area contributed by atoms with E-state index in [0.29, 0.717) is 30.1 Å². The number of benzene rings is 1. The normalized spacial score (nSPS) is 20.2. The highest BCUT2D eigenvalue weighted by Crippen LogP contribution is 2.19. The molecule has 1 aliphatic rings. The van der Waals surface area contributed by atoms with E-state index in [1.165, 1.54) is 18.2 Å². The SMILES string of the molecule is NCC1CCN(Cc2cc(C(N)=O)ccc2F)C1. The van der Waals surface area contributed by atoms with Crippen LogP contribution in [0.1, 0.15) is 22.3 Å². The summed E-state index contributed by atoms with van der Waals surface area (Å²) in [6, 6.07) is 4.24. The smallest absolute Gasteiger partial charge is 0.248 e. The van der Waals surface area contributed by atoms with Gasteiger partial charge in [0.25, 0.3) is 0 Å². The van der Waals surface area contributed by atoms with E-state index in [-0.39, 0.29) is 5.82 Å². The summed E-state index contributed by atoms with van der Waals surface area (Å²) in [4.78, 5) is 13.2. The molecule has 0 radical (unpaired) electrons. The Bertz CT molecular complexity index is 450. The first-order chi connectivity index (χ1) is 8.60. The van der Waals surface area contributed by atoms with Crippen molar-refractivity contribution in [2.24, 2.45) is 17.4 Å². The Morgan fingerprint density at radius 1 is 1.50 bits per heavy atom. The summed E-state index contributed by atoms with van der Waals surface area (Å²) >= 11 is 0. The molecule has 0 bridgehead atoms. The van der Waals surface area contributed by atoms with Crippen molar-refractivity contribution in [2.45, 2.75) is 13.0 Å². The van der Waals surface area contributed by atoms with E-state index in [4.69, 9.17) is 11.5 Å². The molecule has 1 amide bonds. The van der Waals surface area contributed by atoms with Crippen LogP contribution in [0.4, 0.5) is 4.39 Å². The van der Waals surface area contributed by atoms with Crippen LogP contribution >= 0.6 is 0 Å². The van der Waals surface area contributed by atoms with E-state index in [2.05, 4.69) is 4.90 Å². The Labute approximate surface area is 106 Å². The third kappa shape index (κ3) is 2.86. The monoisotopic (exact) mass is 251 g/mol. The summed E-state index contributed by atoms with van der Waals surface area (Å²) in [6.45, 7) is 2.97.